The van der Waals surface area contributed by atoms with Crippen LogP contribution >= 0.6 is 46.6 Å². The summed E-state index contributed by atoms with van der Waals surface area (Å²) >= 11 is 20.2. The molecule has 1 saturated heterocycles. The summed E-state index contributed by atoms with van der Waals surface area (Å²) < 4.78 is 0. The van der Waals surface area contributed by atoms with Crippen molar-refractivity contribution in [3.8, 4) is 0 Å². The number of thioether (sulfide) groups is 1. The van der Waals surface area contributed by atoms with Gasteiger partial charge in [0.25, 0.3) is 5.91 Å². The molecule has 32 heavy (non-hydrogen) atoms. The second kappa shape index (κ2) is 8.94. The molecule has 0 aliphatic carbocycles. The summed E-state index contributed by atoms with van der Waals surface area (Å²) in [6.07, 6.45) is 2.88. The molecule has 0 spiro atoms. The second-order valence-electron chi connectivity index (χ2n) is 8.65. The summed E-state index contributed by atoms with van der Waals surface area (Å²) in [6.45, 7) is 9.86. The Hall–Kier alpha value is -1.66. The highest BCUT2D eigenvalue weighted by Crippen LogP contribution is 2.45. The van der Waals surface area contributed by atoms with Gasteiger partial charge in [0.05, 0.1) is 20.6 Å². The molecule has 1 unspecified atom stereocenters. The van der Waals surface area contributed by atoms with Gasteiger partial charge >= 0.3 is 0 Å². The van der Waals surface area contributed by atoms with Crippen molar-refractivity contribution >= 4 is 75.1 Å². The highest BCUT2D eigenvalue weighted by Gasteiger charge is 2.36. The molecule has 1 fully saturated rings. The molecule has 2 aliphatic heterocycles. The maximum absolute atomic E-state index is 12.6. The predicted octanol–water partition coefficient (Wildman–Crippen LogP) is 7.65. The number of nitrogens with one attached hydrogen (secondary N) is 1. The zero-order chi connectivity index (χ0) is 23.2. The van der Waals surface area contributed by atoms with Gasteiger partial charge in [0.15, 0.2) is 5.17 Å². The molecule has 1 N–H and O–H groups in total. The smallest absolute Gasteiger partial charge is 0.264 e. The Morgan fingerprint density at radius 1 is 1.25 bits per heavy atom. The number of hydrogen-bond donors (Lipinski definition) is 1. The van der Waals surface area contributed by atoms with E-state index in [1.165, 1.54) is 23.0 Å². The van der Waals surface area contributed by atoms with Gasteiger partial charge in [-0.05, 0) is 86.3 Å². The first-order chi connectivity index (χ1) is 15.1. The van der Waals surface area contributed by atoms with Crippen LogP contribution in [-0.2, 0) is 4.79 Å². The van der Waals surface area contributed by atoms with E-state index in [0.717, 1.165) is 18.5 Å². The van der Waals surface area contributed by atoms with Crippen molar-refractivity contribution in [1.29, 1.82) is 0 Å². The third-order valence-electron chi connectivity index (χ3n) is 5.91. The molecule has 2 aromatic carbocycles. The van der Waals surface area contributed by atoms with Crippen molar-refractivity contribution in [2.75, 3.05) is 11.4 Å². The zero-order valence-corrected chi connectivity index (χ0v) is 21.4. The summed E-state index contributed by atoms with van der Waals surface area (Å²) in [4.78, 5) is 20.0. The molecule has 0 saturated carbocycles. The van der Waals surface area contributed by atoms with Crippen LogP contribution in [0.4, 0.5) is 11.4 Å². The van der Waals surface area contributed by atoms with Crippen LogP contribution in [0.3, 0.4) is 0 Å². The van der Waals surface area contributed by atoms with E-state index in [2.05, 4.69) is 49.0 Å². The van der Waals surface area contributed by atoms with Gasteiger partial charge in [-0.15, -0.1) is 0 Å². The average molecular weight is 509 g/mol. The number of amides is 1. The molecule has 8 heteroatoms. The van der Waals surface area contributed by atoms with E-state index in [0.29, 0.717) is 36.7 Å². The Kier molecular flexibility index (Phi) is 6.56. The lowest BCUT2D eigenvalue weighted by molar-refractivity contribution is -0.115. The number of aliphatic imine (C=N–C) groups is 1. The highest BCUT2D eigenvalue weighted by molar-refractivity contribution is 8.18. The molecule has 0 bridgehead atoms. The van der Waals surface area contributed by atoms with Crippen molar-refractivity contribution in [1.82, 2.24) is 5.32 Å². The molecule has 0 radical (unpaired) electrons. The van der Waals surface area contributed by atoms with E-state index in [-0.39, 0.29) is 11.4 Å². The Labute approximate surface area is 208 Å². The molecular formula is C24H24Cl3N3OS. The standard InChI is InChI=1S/C24H24Cl3N3OS/c1-5-30-19-11-17(26)14(9-15(19)13(2)12-24(30,3)4)10-20-22(31)29-23(32-20)28-18-8-6-7-16(25)21(18)27/h6-11,13H,5,12H2,1-4H3,(H,28,29,31)/b20-10+. The van der Waals surface area contributed by atoms with Crippen LogP contribution in [0.2, 0.25) is 15.1 Å². The minimum atomic E-state index is -0.218. The van der Waals surface area contributed by atoms with Gasteiger partial charge in [-0.1, -0.05) is 47.8 Å². The lowest BCUT2D eigenvalue weighted by Gasteiger charge is -2.47. The van der Waals surface area contributed by atoms with E-state index < -0.39 is 0 Å². The fourth-order valence-corrected chi connectivity index (χ4v) is 5.92. The van der Waals surface area contributed by atoms with Crippen LogP contribution in [0.5, 0.6) is 0 Å². The minimum absolute atomic E-state index is 0.0681. The summed E-state index contributed by atoms with van der Waals surface area (Å²) in [5, 5.41) is 4.63. The Morgan fingerprint density at radius 3 is 2.72 bits per heavy atom. The first kappa shape index (κ1) is 23.5. The van der Waals surface area contributed by atoms with Crippen LogP contribution in [0.25, 0.3) is 6.08 Å². The molecule has 4 rings (SSSR count). The third-order valence-corrected chi connectivity index (χ3v) is 7.96. The number of rotatable bonds is 3. The number of halogens is 3. The number of carbonyl (C=O) groups is 1. The molecule has 2 heterocycles. The number of amidine groups is 1. The third kappa shape index (κ3) is 4.41. The molecule has 1 atom stereocenters. The van der Waals surface area contributed by atoms with Crippen molar-refractivity contribution < 1.29 is 4.79 Å². The summed E-state index contributed by atoms with van der Waals surface area (Å²) in [7, 11) is 0. The van der Waals surface area contributed by atoms with Gasteiger partial charge in [0.1, 0.15) is 0 Å². The van der Waals surface area contributed by atoms with E-state index in [1.54, 1.807) is 18.2 Å². The SMILES string of the molecule is CCN1c2cc(Cl)c(/C=C3/SC(=Nc4cccc(Cl)c4Cl)NC3=O)cc2C(C)CC1(C)C. The number of anilines is 1. The number of fused-ring (bicyclic) bond motifs is 1. The van der Waals surface area contributed by atoms with Crippen LogP contribution in [0.15, 0.2) is 40.2 Å². The molecule has 0 aromatic heterocycles. The largest absolute Gasteiger partial charge is 0.366 e. The van der Waals surface area contributed by atoms with E-state index >= 15 is 0 Å². The average Bonchev–Trinajstić information content (AvgIpc) is 3.05. The summed E-state index contributed by atoms with van der Waals surface area (Å²) in [6, 6.07) is 9.35. The van der Waals surface area contributed by atoms with E-state index in [1.807, 2.05) is 12.1 Å². The van der Waals surface area contributed by atoms with Gasteiger partial charge in [-0.2, -0.15) is 0 Å². The molecule has 4 nitrogen and oxygen atoms in total. The maximum atomic E-state index is 12.6. The van der Waals surface area contributed by atoms with Gasteiger partial charge < -0.3 is 10.2 Å². The quantitative estimate of drug-likeness (QED) is 0.433. The lowest BCUT2D eigenvalue weighted by Crippen LogP contribution is -2.48. The normalized spacial score (nSPS) is 22.4. The van der Waals surface area contributed by atoms with Gasteiger partial charge in [0, 0.05) is 22.8 Å². The molecular weight excluding hydrogens is 485 g/mol. The first-order valence-electron chi connectivity index (χ1n) is 10.5. The second-order valence-corrected chi connectivity index (χ2v) is 10.9. The number of carbonyl (C=O) groups excluding carboxylic acids is 1. The number of hydrogen-bond acceptors (Lipinski definition) is 4. The predicted molar refractivity (Wildman–Crippen MR) is 139 cm³/mol. The Morgan fingerprint density at radius 2 is 2.00 bits per heavy atom. The van der Waals surface area contributed by atoms with Crippen molar-refractivity contribution in [3.05, 3.63) is 61.4 Å². The fourth-order valence-electron chi connectivity index (χ4n) is 4.54. The molecule has 2 aliphatic rings. The topological polar surface area (TPSA) is 44.7 Å². The van der Waals surface area contributed by atoms with Crippen molar-refractivity contribution in [2.45, 2.75) is 45.6 Å². The van der Waals surface area contributed by atoms with Crippen LogP contribution in [0, 0.1) is 0 Å². The zero-order valence-electron chi connectivity index (χ0n) is 18.3. The Bertz CT molecular complexity index is 1160. The van der Waals surface area contributed by atoms with Gasteiger partial charge in [0.2, 0.25) is 0 Å². The number of nitrogens with zero attached hydrogens (tertiary/aromatic N) is 2. The van der Waals surface area contributed by atoms with Crippen LogP contribution in [0.1, 0.15) is 51.2 Å². The lowest BCUT2D eigenvalue weighted by atomic mass is 9.79. The first-order valence-corrected chi connectivity index (χ1v) is 12.4. The van der Waals surface area contributed by atoms with Crippen molar-refractivity contribution in [2.24, 2.45) is 4.99 Å². The van der Waals surface area contributed by atoms with Crippen molar-refractivity contribution in [3.63, 3.8) is 0 Å². The fraction of sp³-hybridized carbons (Fsp3) is 0.333. The van der Waals surface area contributed by atoms with E-state index in [9.17, 15) is 4.79 Å². The maximum Gasteiger partial charge on any atom is 0.264 e. The van der Waals surface area contributed by atoms with E-state index in [4.69, 9.17) is 34.8 Å². The van der Waals surface area contributed by atoms with Gasteiger partial charge in [-0.25, -0.2) is 4.99 Å². The highest BCUT2D eigenvalue weighted by atomic mass is 35.5. The Balaban J connectivity index is 1.68. The monoisotopic (exact) mass is 507 g/mol. The van der Waals surface area contributed by atoms with Crippen LogP contribution < -0.4 is 10.2 Å². The number of benzene rings is 2. The summed E-state index contributed by atoms with van der Waals surface area (Å²) in [5.74, 6) is 0.175. The minimum Gasteiger partial charge on any atom is -0.366 e. The van der Waals surface area contributed by atoms with Crippen LogP contribution in [-0.4, -0.2) is 23.2 Å². The molecule has 2 aromatic rings. The summed E-state index contributed by atoms with van der Waals surface area (Å²) in [5.41, 5.74) is 3.83. The van der Waals surface area contributed by atoms with Gasteiger partial charge in [-0.3, -0.25) is 4.79 Å². The molecule has 1 amide bonds. The molecule has 168 valence electrons.